The molecule has 0 unspecified atom stereocenters. The van der Waals surface area contributed by atoms with Gasteiger partial charge in [0.15, 0.2) is 0 Å². The Labute approximate surface area is 199 Å². The first-order chi connectivity index (χ1) is 16.0. The average molecular weight is 469 g/mol. The van der Waals surface area contributed by atoms with Crippen LogP contribution in [0.15, 0.2) is 34.2 Å². The van der Waals surface area contributed by atoms with Crippen LogP contribution in [0.4, 0.5) is 0 Å². The van der Waals surface area contributed by atoms with E-state index in [1.165, 1.54) is 7.11 Å². The van der Waals surface area contributed by atoms with Gasteiger partial charge in [-0.1, -0.05) is 33.3 Å². The van der Waals surface area contributed by atoms with Crippen molar-refractivity contribution in [2.45, 2.75) is 65.9 Å². The van der Waals surface area contributed by atoms with Crippen LogP contribution in [0.3, 0.4) is 0 Å². The first-order valence-electron chi connectivity index (χ1n) is 12.1. The molecule has 1 aromatic heterocycles. The highest BCUT2D eigenvalue weighted by atomic mass is 16.5. The Morgan fingerprint density at radius 1 is 1.15 bits per heavy atom. The van der Waals surface area contributed by atoms with E-state index < -0.39 is 40.2 Å². The number of methoxy groups -OCH3 is 1. The summed E-state index contributed by atoms with van der Waals surface area (Å²) in [5.74, 6) is -2.26. The van der Waals surface area contributed by atoms with E-state index in [0.717, 1.165) is 29.6 Å². The number of fused-ring (bicyclic) bond motifs is 5. The normalized spacial score (nSPS) is 38.7. The number of furan rings is 1. The van der Waals surface area contributed by atoms with Crippen molar-refractivity contribution in [2.24, 2.45) is 34.0 Å². The molecule has 1 aliphatic heterocycles. The minimum Gasteiger partial charge on any atom is -0.472 e. The molecule has 7 nitrogen and oxygen atoms in total. The number of cyclic esters (lactones) is 1. The summed E-state index contributed by atoms with van der Waals surface area (Å²) in [6, 6.07) is 1.82. The lowest BCUT2D eigenvalue weighted by Crippen LogP contribution is -2.64. The third kappa shape index (κ3) is 2.88. The van der Waals surface area contributed by atoms with Gasteiger partial charge in [0.05, 0.1) is 38.4 Å². The molecule has 2 heterocycles. The molecular formula is C27H32O7. The highest BCUT2D eigenvalue weighted by molar-refractivity contribution is 6.11. The number of rotatable bonds is 3. The Hall–Kier alpha value is -2.70. The van der Waals surface area contributed by atoms with E-state index in [4.69, 9.17) is 13.9 Å². The minimum absolute atomic E-state index is 0.0142. The van der Waals surface area contributed by atoms with Crippen molar-refractivity contribution in [1.29, 1.82) is 0 Å². The molecule has 34 heavy (non-hydrogen) atoms. The molecule has 3 fully saturated rings. The van der Waals surface area contributed by atoms with E-state index >= 15 is 0 Å². The maximum Gasteiger partial charge on any atom is 0.310 e. The number of hydrogen-bond acceptors (Lipinski definition) is 7. The maximum absolute atomic E-state index is 13.8. The number of carbonyl (C=O) groups is 4. The van der Waals surface area contributed by atoms with E-state index in [2.05, 4.69) is 6.92 Å². The standard InChI is InChI=1S/C27H32O7/c1-25(2)19(12-20(28)32-5)27(4)17-6-8-26(3)18(15(17)10-16(22(25)30)23(27)31)11-21(29)34-24(26)14-7-9-33-13-14/h7,9,13,16-17,19,24H,6,8,10-12H2,1-5H3/t16-,17+,19+,24-,26-,27-/m0/s1. The maximum atomic E-state index is 13.8. The molecule has 0 amide bonds. The SMILES string of the molecule is COC(=O)C[C@@H]1C(C)(C)C(=O)[C@@H]2CC3=C4CC(=O)O[C@@H](c5ccoc5)[C@@]4(C)CC[C@H]3[C@]1(C)C2=O. The molecule has 0 N–H and O–H groups in total. The molecule has 2 bridgehead atoms. The van der Waals surface area contributed by atoms with Gasteiger partial charge in [-0.15, -0.1) is 0 Å². The number of esters is 2. The third-order valence-electron chi connectivity index (χ3n) is 9.59. The number of ether oxygens (including phenoxy) is 2. The number of allylic oxidation sites excluding steroid dienone is 1. The molecule has 4 aliphatic rings. The van der Waals surface area contributed by atoms with E-state index in [1.54, 1.807) is 12.5 Å². The highest BCUT2D eigenvalue weighted by Crippen LogP contribution is 2.66. The summed E-state index contributed by atoms with van der Waals surface area (Å²) in [7, 11) is 1.33. The topological polar surface area (TPSA) is 99.9 Å². The summed E-state index contributed by atoms with van der Waals surface area (Å²) in [6.45, 7) is 7.77. The Morgan fingerprint density at radius 2 is 1.88 bits per heavy atom. The summed E-state index contributed by atoms with van der Waals surface area (Å²) >= 11 is 0. The van der Waals surface area contributed by atoms with E-state index in [9.17, 15) is 19.2 Å². The molecule has 1 saturated heterocycles. The van der Waals surface area contributed by atoms with Crippen molar-refractivity contribution in [3.8, 4) is 0 Å². The molecule has 0 spiro atoms. The van der Waals surface area contributed by atoms with Gasteiger partial charge in [-0.2, -0.15) is 0 Å². The Balaban J connectivity index is 1.68. The predicted molar refractivity (Wildman–Crippen MR) is 120 cm³/mol. The molecule has 0 aromatic carbocycles. The van der Waals surface area contributed by atoms with Crippen LogP contribution in [0.5, 0.6) is 0 Å². The van der Waals surface area contributed by atoms with Crippen molar-refractivity contribution >= 4 is 23.5 Å². The molecule has 5 rings (SSSR count). The van der Waals surface area contributed by atoms with E-state index in [0.29, 0.717) is 6.42 Å². The van der Waals surface area contributed by atoms with Crippen molar-refractivity contribution in [3.63, 3.8) is 0 Å². The fourth-order valence-electron chi connectivity index (χ4n) is 7.76. The van der Waals surface area contributed by atoms with Crippen LogP contribution < -0.4 is 0 Å². The van der Waals surface area contributed by atoms with Crippen molar-refractivity contribution < 1.29 is 33.1 Å². The van der Waals surface area contributed by atoms with Crippen molar-refractivity contribution in [2.75, 3.05) is 7.11 Å². The Bertz CT molecular complexity index is 1110. The van der Waals surface area contributed by atoms with Gasteiger partial charge in [0, 0.05) is 21.8 Å². The van der Waals surface area contributed by atoms with Crippen LogP contribution in [-0.4, -0.2) is 30.6 Å². The summed E-state index contributed by atoms with van der Waals surface area (Å²) in [5, 5.41) is 0. The van der Waals surface area contributed by atoms with Gasteiger partial charge in [-0.25, -0.2) is 0 Å². The van der Waals surface area contributed by atoms with Gasteiger partial charge in [0.1, 0.15) is 17.7 Å². The first-order valence-corrected chi connectivity index (χ1v) is 12.1. The quantitative estimate of drug-likeness (QED) is 0.369. The molecule has 3 aliphatic carbocycles. The number of carbonyl (C=O) groups excluding carboxylic acids is 4. The number of ketones is 2. The van der Waals surface area contributed by atoms with Gasteiger partial charge in [-0.3, -0.25) is 19.2 Å². The zero-order valence-corrected chi connectivity index (χ0v) is 20.4. The summed E-state index contributed by atoms with van der Waals surface area (Å²) in [6.07, 6.45) is 4.68. The predicted octanol–water partition coefficient (Wildman–Crippen LogP) is 4.36. The van der Waals surface area contributed by atoms with Gasteiger partial charge in [-0.05, 0) is 42.7 Å². The Kier molecular flexibility index (Phi) is 5.02. The first kappa shape index (κ1) is 23.1. The summed E-state index contributed by atoms with van der Waals surface area (Å²) in [5.41, 5.74) is 0.703. The van der Waals surface area contributed by atoms with Crippen LogP contribution in [0.2, 0.25) is 0 Å². The largest absolute Gasteiger partial charge is 0.472 e. The van der Waals surface area contributed by atoms with Crippen molar-refractivity contribution in [3.05, 3.63) is 35.3 Å². The van der Waals surface area contributed by atoms with Crippen LogP contribution in [0, 0.1) is 34.0 Å². The lowest BCUT2D eigenvalue weighted by Gasteiger charge is -2.61. The Morgan fingerprint density at radius 3 is 2.53 bits per heavy atom. The fourth-order valence-corrected chi connectivity index (χ4v) is 7.76. The third-order valence-corrected chi connectivity index (χ3v) is 9.59. The monoisotopic (exact) mass is 468 g/mol. The van der Waals surface area contributed by atoms with Gasteiger partial charge in [0.25, 0.3) is 0 Å². The van der Waals surface area contributed by atoms with Gasteiger partial charge >= 0.3 is 11.9 Å². The molecular weight excluding hydrogens is 436 g/mol. The lowest BCUT2D eigenvalue weighted by molar-refractivity contribution is -0.172. The van der Waals surface area contributed by atoms with E-state index in [1.807, 2.05) is 26.8 Å². The molecule has 0 radical (unpaired) electrons. The highest BCUT2D eigenvalue weighted by Gasteiger charge is 2.67. The molecule has 6 atom stereocenters. The summed E-state index contributed by atoms with van der Waals surface area (Å²) < 4.78 is 16.1. The van der Waals surface area contributed by atoms with Gasteiger partial charge < -0.3 is 13.9 Å². The second-order valence-corrected chi connectivity index (χ2v) is 11.4. The van der Waals surface area contributed by atoms with Crippen molar-refractivity contribution in [1.82, 2.24) is 0 Å². The van der Waals surface area contributed by atoms with Crippen LogP contribution in [0.1, 0.15) is 71.5 Å². The smallest absolute Gasteiger partial charge is 0.310 e. The molecule has 1 aromatic rings. The average Bonchev–Trinajstić information content (AvgIpc) is 3.32. The van der Waals surface area contributed by atoms with Crippen LogP contribution >= 0.6 is 0 Å². The number of hydrogen-bond donors (Lipinski definition) is 0. The van der Waals surface area contributed by atoms with E-state index in [-0.39, 0.29) is 36.3 Å². The second-order valence-electron chi connectivity index (χ2n) is 11.4. The lowest BCUT2D eigenvalue weighted by atomic mass is 9.41. The minimum atomic E-state index is -0.884. The zero-order chi connectivity index (χ0) is 24.6. The molecule has 182 valence electrons. The fraction of sp³-hybridized carbons (Fsp3) is 0.630. The second kappa shape index (κ2) is 7.40. The summed E-state index contributed by atoms with van der Waals surface area (Å²) in [4.78, 5) is 52.6. The van der Waals surface area contributed by atoms with Crippen LogP contribution in [-0.2, 0) is 28.7 Å². The van der Waals surface area contributed by atoms with Crippen LogP contribution in [0.25, 0.3) is 0 Å². The molecule has 7 heteroatoms. The number of Topliss-reactive ketones (excluding diaryl/α,β-unsaturated/α-hetero) is 2. The van der Waals surface area contributed by atoms with Gasteiger partial charge in [0.2, 0.25) is 0 Å². The zero-order valence-electron chi connectivity index (χ0n) is 20.4. The molecule has 2 saturated carbocycles.